The Bertz CT molecular complexity index is 1980. The number of anilines is 2. The van der Waals surface area contributed by atoms with Crippen molar-refractivity contribution in [2.75, 3.05) is 101 Å². The average molecular weight is 1030 g/mol. The zero-order valence-corrected chi connectivity index (χ0v) is 40.9. The predicted molar refractivity (Wildman–Crippen MR) is 246 cm³/mol. The first-order valence-electron chi connectivity index (χ1n) is 23.4. The lowest BCUT2D eigenvalue weighted by atomic mass is 9.96. The van der Waals surface area contributed by atoms with Gasteiger partial charge < -0.3 is 39.6 Å². The number of sulfone groups is 1. The Hall–Kier alpha value is -4.11. The van der Waals surface area contributed by atoms with Gasteiger partial charge in [0.1, 0.15) is 34.0 Å². The third-order valence-corrected chi connectivity index (χ3v) is 13.9. The quantitative estimate of drug-likeness (QED) is 0.0406. The maximum atomic E-state index is 15.6. The van der Waals surface area contributed by atoms with Gasteiger partial charge in [0.15, 0.2) is 27.3 Å². The normalized spacial score (nSPS) is 17.1. The molecular weight excluding hydrogens is 958 g/mol. The highest BCUT2D eigenvalue weighted by Gasteiger charge is 2.34. The summed E-state index contributed by atoms with van der Waals surface area (Å²) in [5.74, 6) is -9.80. The summed E-state index contributed by atoms with van der Waals surface area (Å²) in [7, 11) is -4.80. The lowest BCUT2D eigenvalue weighted by molar-refractivity contribution is -0.144. The number of amides is 1. The van der Waals surface area contributed by atoms with Crippen molar-refractivity contribution < 1.29 is 78.8 Å². The van der Waals surface area contributed by atoms with Gasteiger partial charge in [-0.1, -0.05) is 32.1 Å². The minimum absolute atomic E-state index is 0.00241. The Labute approximate surface area is 404 Å². The SMILES string of the molecule is CC(=O)CN1CCN(CC(=O)O)CCN(C(CCC(=O)NCCCC(=O)CCOCCOCCCC(=O)CCS(=O)(=O)c2c(F)c(F)c(NS(=O)[O-])c(F)c2NC2CCCCCCC2)C(=O)O)CC1. The molecule has 1 saturated heterocycles. The van der Waals surface area contributed by atoms with E-state index in [1.807, 2.05) is 4.90 Å². The minimum Gasteiger partial charge on any atom is -0.755 e. The van der Waals surface area contributed by atoms with E-state index < -0.39 is 96.8 Å². The number of carboxylic acid groups (broad SMARTS) is 2. The summed E-state index contributed by atoms with van der Waals surface area (Å²) < 4.78 is 107. The van der Waals surface area contributed by atoms with Gasteiger partial charge in [0, 0.05) is 102 Å². The van der Waals surface area contributed by atoms with E-state index in [4.69, 9.17) is 9.47 Å². The van der Waals surface area contributed by atoms with Crippen LogP contribution in [0.3, 0.4) is 0 Å². The average Bonchev–Trinajstić information content (AvgIpc) is 3.35. The predicted octanol–water partition coefficient (Wildman–Crippen LogP) is 3.06. The molecule has 3 rings (SSSR count). The number of carbonyl (C=O) groups is 6. The van der Waals surface area contributed by atoms with Crippen LogP contribution in [0.25, 0.3) is 0 Å². The Kier molecular flexibility index (Phi) is 26.8. The number of ether oxygens (including phenoxy) is 2. The number of carbonyl (C=O) groups excluding carboxylic acids is 4. The van der Waals surface area contributed by atoms with Gasteiger partial charge in [-0.3, -0.25) is 47.7 Å². The highest BCUT2D eigenvalue weighted by atomic mass is 32.2. The maximum Gasteiger partial charge on any atom is 0.320 e. The first kappa shape index (κ1) is 59.2. The molecule has 2 aliphatic rings. The number of rotatable bonds is 31. The van der Waals surface area contributed by atoms with Crippen LogP contribution in [-0.4, -0.2) is 180 Å². The van der Waals surface area contributed by atoms with Gasteiger partial charge in [-0.25, -0.2) is 21.6 Å². The molecule has 0 radical (unpaired) electrons. The molecule has 1 aliphatic heterocycles. The summed E-state index contributed by atoms with van der Waals surface area (Å²) in [6.07, 6.45) is 5.21. The number of hydrogen-bond acceptors (Lipinski definition) is 16. The Morgan fingerprint density at radius 2 is 1.32 bits per heavy atom. The fourth-order valence-electron chi connectivity index (χ4n) is 8.14. The number of benzene rings is 1. The molecule has 5 N–H and O–H groups in total. The van der Waals surface area contributed by atoms with Crippen molar-refractivity contribution in [1.29, 1.82) is 0 Å². The molecule has 392 valence electrons. The number of nitrogens with one attached hydrogen (secondary N) is 3. The highest BCUT2D eigenvalue weighted by Crippen LogP contribution is 2.38. The summed E-state index contributed by atoms with van der Waals surface area (Å²) in [4.78, 5) is 76.9. The van der Waals surface area contributed by atoms with Crippen LogP contribution in [0.5, 0.6) is 0 Å². The molecule has 1 aromatic carbocycles. The Balaban J connectivity index is 1.32. The molecule has 1 heterocycles. The van der Waals surface area contributed by atoms with E-state index in [2.05, 4.69) is 10.6 Å². The molecule has 1 amide bonds. The third kappa shape index (κ3) is 22.2. The summed E-state index contributed by atoms with van der Waals surface area (Å²) in [5.41, 5.74) is -2.26. The van der Waals surface area contributed by atoms with E-state index in [9.17, 15) is 60.6 Å². The van der Waals surface area contributed by atoms with Gasteiger partial charge in [0.2, 0.25) is 5.91 Å². The molecule has 0 spiro atoms. The molecule has 1 aliphatic carbocycles. The molecule has 0 aromatic heterocycles. The topological polar surface area (TPSA) is 281 Å². The number of nitrogens with zero attached hydrogens (tertiary/aromatic N) is 3. The van der Waals surface area contributed by atoms with Crippen LogP contribution in [0, 0.1) is 17.5 Å². The molecule has 1 saturated carbocycles. The van der Waals surface area contributed by atoms with Gasteiger partial charge in [-0.2, -0.15) is 0 Å². The largest absolute Gasteiger partial charge is 0.755 e. The molecule has 20 nitrogen and oxygen atoms in total. The van der Waals surface area contributed by atoms with Crippen LogP contribution in [0.4, 0.5) is 24.5 Å². The Morgan fingerprint density at radius 1 is 0.739 bits per heavy atom. The molecule has 2 fully saturated rings. The van der Waals surface area contributed by atoms with E-state index >= 15 is 8.78 Å². The monoisotopic (exact) mass is 1030 g/mol. The molecule has 0 bridgehead atoms. The van der Waals surface area contributed by atoms with Crippen molar-refractivity contribution >= 4 is 67.7 Å². The van der Waals surface area contributed by atoms with Gasteiger partial charge in [-0.15, -0.1) is 0 Å². The molecule has 2 unspecified atom stereocenters. The highest BCUT2D eigenvalue weighted by molar-refractivity contribution is 7.91. The molecule has 69 heavy (non-hydrogen) atoms. The maximum absolute atomic E-state index is 15.6. The van der Waals surface area contributed by atoms with Crippen LogP contribution in [0.2, 0.25) is 0 Å². The van der Waals surface area contributed by atoms with E-state index in [0.29, 0.717) is 52.0 Å². The zero-order valence-electron chi connectivity index (χ0n) is 39.2. The van der Waals surface area contributed by atoms with Crippen LogP contribution in [-0.2, 0) is 59.3 Å². The van der Waals surface area contributed by atoms with E-state index in [1.54, 1.807) is 9.80 Å². The van der Waals surface area contributed by atoms with Crippen LogP contribution in [0.1, 0.15) is 103 Å². The van der Waals surface area contributed by atoms with Crippen molar-refractivity contribution in [2.24, 2.45) is 0 Å². The first-order chi connectivity index (χ1) is 32.8. The van der Waals surface area contributed by atoms with Crippen LogP contribution in [0.15, 0.2) is 4.90 Å². The fraction of sp³-hybridized carbons (Fsp3) is 0.727. The zero-order chi connectivity index (χ0) is 50.9. The molecule has 1 aromatic rings. The number of hydrogen-bond donors (Lipinski definition) is 5. The summed E-state index contributed by atoms with van der Waals surface area (Å²) in [5, 5.41) is 24.7. The Morgan fingerprint density at radius 3 is 1.93 bits per heavy atom. The van der Waals surface area contributed by atoms with Crippen molar-refractivity contribution in [2.45, 2.75) is 120 Å². The van der Waals surface area contributed by atoms with Crippen molar-refractivity contribution in [3.05, 3.63) is 17.5 Å². The summed E-state index contributed by atoms with van der Waals surface area (Å²) in [6.45, 7) is 4.17. The number of halogens is 3. The number of carboxylic acids is 2. The van der Waals surface area contributed by atoms with Gasteiger partial charge in [0.05, 0.1) is 44.4 Å². The van der Waals surface area contributed by atoms with Crippen LogP contribution >= 0.6 is 0 Å². The lowest BCUT2D eigenvalue weighted by Gasteiger charge is -2.30. The van der Waals surface area contributed by atoms with Crippen LogP contribution < -0.4 is 15.4 Å². The van der Waals surface area contributed by atoms with Crippen molar-refractivity contribution in [1.82, 2.24) is 20.0 Å². The first-order valence-corrected chi connectivity index (χ1v) is 26.2. The number of ketones is 3. The smallest absolute Gasteiger partial charge is 0.320 e. The second-order valence-corrected chi connectivity index (χ2v) is 20.0. The molecule has 2 atom stereocenters. The van der Waals surface area contributed by atoms with Gasteiger partial charge in [0.25, 0.3) is 0 Å². The summed E-state index contributed by atoms with van der Waals surface area (Å²) >= 11 is -3.25. The second-order valence-electron chi connectivity index (χ2n) is 17.3. The standard InChI is InChI=1S/C44H69F3N6O14S2/c1-31(54)29-51-18-19-52(30-37(58)59)21-23-53(22-20-51)35(44(60)61)13-14-36(57)48-17-7-11-33(55)15-25-67-27-26-66-24-8-12-34(56)16-28-69(64,65)43-39(46)38(45)41(50-68(62)63)40(47)42(43)49-32-9-5-3-2-4-6-10-32/h32,35,49-50H,2-30H2,1H3,(H,48,57)(H,58,59)(H,60,61)(H,62,63)/p-1. The number of Topliss-reactive ketones (excluding diaryl/α,β-unsaturated/α-hetero) is 3. The molecular formula is C44H68F3N6O14S2-. The number of aliphatic carboxylic acids is 2. The fourth-order valence-corrected chi connectivity index (χ4v) is 10.0. The lowest BCUT2D eigenvalue weighted by Crippen LogP contribution is -2.47. The van der Waals surface area contributed by atoms with E-state index in [-0.39, 0.29) is 109 Å². The minimum atomic E-state index is -4.80. The van der Waals surface area contributed by atoms with Crippen molar-refractivity contribution in [3.63, 3.8) is 0 Å². The van der Waals surface area contributed by atoms with E-state index in [0.717, 1.165) is 32.1 Å². The third-order valence-electron chi connectivity index (χ3n) is 11.8. The van der Waals surface area contributed by atoms with Gasteiger partial charge in [-0.05, 0) is 39.0 Å². The molecule has 25 heteroatoms. The van der Waals surface area contributed by atoms with Crippen molar-refractivity contribution in [3.8, 4) is 0 Å². The summed E-state index contributed by atoms with van der Waals surface area (Å²) in [6, 6.07) is -1.51. The second kappa shape index (κ2) is 31.3. The van der Waals surface area contributed by atoms with E-state index in [1.165, 1.54) is 11.6 Å². The van der Waals surface area contributed by atoms with Gasteiger partial charge >= 0.3 is 11.9 Å².